The highest BCUT2D eigenvalue weighted by Gasteiger charge is 2.46. The lowest BCUT2D eigenvalue weighted by atomic mass is 9.97. The molecular weight excluding hydrogens is 715 g/mol. The van der Waals surface area contributed by atoms with Gasteiger partial charge in [0.05, 0.1) is 6.61 Å². The number of hydrogen-bond acceptors (Lipinski definition) is 2. The van der Waals surface area contributed by atoms with Crippen LogP contribution in [0.1, 0.15) is 32.9 Å². The number of hydrogen-bond donors (Lipinski definition) is 0. The molecule has 0 aliphatic heterocycles. The van der Waals surface area contributed by atoms with Crippen molar-refractivity contribution in [2.24, 2.45) is 0 Å². The van der Waals surface area contributed by atoms with Crippen molar-refractivity contribution >= 4 is 23.2 Å². The normalized spacial score (nSPS) is 10.1. The van der Waals surface area contributed by atoms with Crippen molar-refractivity contribution in [3.05, 3.63) is 164 Å². The van der Waals surface area contributed by atoms with Gasteiger partial charge in [-0.1, -0.05) is 93.7 Å². The van der Waals surface area contributed by atoms with Crippen LogP contribution >= 0.6 is 7.26 Å². The van der Waals surface area contributed by atoms with Crippen molar-refractivity contribution in [1.82, 2.24) is 0 Å². The van der Waals surface area contributed by atoms with Crippen LogP contribution in [0.4, 0.5) is 0 Å². The Kier molecular flexibility index (Phi) is 17.6. The van der Waals surface area contributed by atoms with E-state index in [9.17, 15) is 0 Å². The summed E-state index contributed by atoms with van der Waals surface area (Å²) in [5.74, 6) is 1.69. The second kappa shape index (κ2) is 19.9. The van der Waals surface area contributed by atoms with Crippen molar-refractivity contribution in [2.45, 2.75) is 34.6 Å². The van der Waals surface area contributed by atoms with Crippen LogP contribution in [0.15, 0.2) is 153 Å². The molecule has 0 atom stereocenters. The zero-order valence-corrected chi connectivity index (χ0v) is 29.1. The third-order valence-corrected chi connectivity index (χ3v) is 11.5. The van der Waals surface area contributed by atoms with E-state index >= 15 is 0 Å². The quantitative estimate of drug-likeness (QED) is 0.134. The molecule has 0 unspecified atom stereocenters. The summed E-state index contributed by atoms with van der Waals surface area (Å²) in [7, 11) is -2.18. The molecule has 5 heteroatoms. The molecule has 0 spiro atoms. The molecule has 5 rings (SSSR count). The molecule has 242 valence electrons. The van der Waals surface area contributed by atoms with Gasteiger partial charge in [0, 0.05) is 11.1 Å². The Labute approximate surface area is 299 Å². The van der Waals surface area contributed by atoms with Crippen LogP contribution in [-0.4, -0.2) is 13.0 Å². The van der Waals surface area contributed by atoms with E-state index in [2.05, 4.69) is 141 Å². The zero-order valence-electron chi connectivity index (χ0n) is 25.0. The van der Waals surface area contributed by atoms with Gasteiger partial charge in [-0.05, 0) is 91.6 Å². The molecule has 0 aromatic heterocycles. The molecule has 0 bridgehead atoms. The SMILES string of the molecule is C.C.C=CCc1ccc(OCC)c(-c2cc(CC=C)ccc2OC[P+](c2ccccc2)(c2ccccc2)c2ccccc2)c1.[Br-].[Br-]. The minimum Gasteiger partial charge on any atom is -1.00 e. The Morgan fingerprint density at radius 3 is 1.26 bits per heavy atom. The van der Waals surface area contributed by atoms with Gasteiger partial charge >= 0.3 is 0 Å². The molecule has 0 radical (unpaired) electrons. The Morgan fingerprint density at radius 2 is 0.913 bits per heavy atom. The number of benzene rings is 5. The summed E-state index contributed by atoms with van der Waals surface area (Å²) in [5, 5.41) is 3.86. The van der Waals surface area contributed by atoms with Crippen LogP contribution in [0, 0.1) is 0 Å². The highest BCUT2D eigenvalue weighted by Crippen LogP contribution is 2.55. The standard InChI is InChI=1S/C39H38O2P.2CH4.2BrH/c1-4-16-31-24-26-38(40-6-3)36(28-31)37-29-32(17-5-2)25-27-39(37)41-30-42(33-18-10-7-11-19-33,34-20-12-8-13-21-34)35-22-14-9-15-23-35;;;;/h4-5,7-15,18-29H,1-2,6,16-17,30H2,3H3;2*1H4;2*1H/q+1;;;;/p-2. The van der Waals surface area contributed by atoms with Crippen LogP contribution in [0.2, 0.25) is 0 Å². The summed E-state index contributed by atoms with van der Waals surface area (Å²) in [6.07, 6.45) is 5.96. The first-order valence-corrected chi connectivity index (χ1v) is 16.5. The van der Waals surface area contributed by atoms with Crippen molar-refractivity contribution in [1.29, 1.82) is 0 Å². The predicted molar refractivity (Wildman–Crippen MR) is 195 cm³/mol. The van der Waals surface area contributed by atoms with Crippen LogP contribution in [0.5, 0.6) is 11.5 Å². The third kappa shape index (κ3) is 9.10. The van der Waals surface area contributed by atoms with Gasteiger partial charge < -0.3 is 43.4 Å². The average Bonchev–Trinajstić information content (AvgIpc) is 3.04. The second-order valence-electron chi connectivity index (χ2n) is 10.2. The van der Waals surface area contributed by atoms with E-state index in [1.807, 2.05) is 19.1 Å². The van der Waals surface area contributed by atoms with E-state index in [0.717, 1.165) is 35.5 Å². The Bertz CT molecular complexity index is 1530. The molecule has 46 heavy (non-hydrogen) atoms. The van der Waals surface area contributed by atoms with Gasteiger partial charge in [0.2, 0.25) is 6.35 Å². The minimum absolute atomic E-state index is 0. The van der Waals surface area contributed by atoms with Crippen LogP contribution < -0.4 is 59.4 Å². The summed E-state index contributed by atoms with van der Waals surface area (Å²) in [6.45, 7) is 10.5. The molecule has 0 heterocycles. The fourth-order valence-electron chi connectivity index (χ4n) is 5.45. The van der Waals surface area contributed by atoms with Gasteiger partial charge in [0.15, 0.2) is 7.26 Å². The smallest absolute Gasteiger partial charge is 0.210 e. The number of halogens is 2. The third-order valence-electron chi connectivity index (χ3n) is 7.44. The maximum atomic E-state index is 7.03. The lowest BCUT2D eigenvalue weighted by molar-refractivity contribution is -0.00100. The van der Waals surface area contributed by atoms with Crippen molar-refractivity contribution in [3.8, 4) is 22.6 Å². The first kappa shape index (κ1) is 40.6. The summed E-state index contributed by atoms with van der Waals surface area (Å²) >= 11 is 0. The highest BCUT2D eigenvalue weighted by atomic mass is 79.9. The maximum absolute atomic E-state index is 7.03. The molecule has 2 nitrogen and oxygen atoms in total. The first-order chi connectivity index (χ1) is 20.7. The van der Waals surface area contributed by atoms with E-state index in [1.165, 1.54) is 27.0 Å². The van der Waals surface area contributed by atoms with Gasteiger partial charge in [-0.3, -0.25) is 0 Å². The molecule has 0 amide bonds. The second-order valence-corrected chi connectivity index (χ2v) is 13.6. The van der Waals surface area contributed by atoms with E-state index < -0.39 is 7.26 Å². The number of allylic oxidation sites excluding steroid dienone is 2. The van der Waals surface area contributed by atoms with Crippen molar-refractivity contribution in [2.75, 3.05) is 13.0 Å². The van der Waals surface area contributed by atoms with E-state index in [-0.39, 0.29) is 48.8 Å². The zero-order chi connectivity index (χ0) is 29.2. The summed E-state index contributed by atoms with van der Waals surface area (Å²) in [4.78, 5) is 0. The molecule has 0 saturated heterocycles. The summed E-state index contributed by atoms with van der Waals surface area (Å²) in [5.41, 5.74) is 4.42. The van der Waals surface area contributed by atoms with Gasteiger partial charge in [0.25, 0.3) is 0 Å². The molecule has 0 N–H and O–H groups in total. The summed E-state index contributed by atoms with van der Waals surface area (Å²) in [6, 6.07) is 45.4. The Balaban J connectivity index is 0.00000264. The molecule has 0 saturated carbocycles. The fraction of sp³-hybridized carbons (Fsp3) is 0.171. The van der Waals surface area contributed by atoms with E-state index in [0.29, 0.717) is 13.0 Å². The van der Waals surface area contributed by atoms with E-state index in [4.69, 9.17) is 9.47 Å². The fourth-order valence-corrected chi connectivity index (χ4v) is 9.17. The van der Waals surface area contributed by atoms with Crippen molar-refractivity contribution < 1.29 is 43.4 Å². The topological polar surface area (TPSA) is 18.5 Å². The monoisotopic (exact) mass is 759 g/mol. The lowest BCUT2D eigenvalue weighted by Crippen LogP contribution is -3.00. The molecule has 0 aliphatic carbocycles. The van der Waals surface area contributed by atoms with Crippen LogP contribution in [0.3, 0.4) is 0 Å². The number of rotatable bonds is 13. The average molecular weight is 762 g/mol. The van der Waals surface area contributed by atoms with Crippen LogP contribution in [-0.2, 0) is 12.8 Å². The van der Waals surface area contributed by atoms with Gasteiger partial charge in [0.1, 0.15) is 27.4 Å². The largest absolute Gasteiger partial charge is 1.00 e. The van der Waals surface area contributed by atoms with Gasteiger partial charge in [-0.15, -0.1) is 13.2 Å². The maximum Gasteiger partial charge on any atom is 0.210 e. The molecular formula is C41H46Br2O2P-. The minimum atomic E-state index is -2.18. The predicted octanol–water partition coefficient (Wildman–Crippen LogP) is 3.82. The Morgan fingerprint density at radius 1 is 0.543 bits per heavy atom. The lowest BCUT2D eigenvalue weighted by Gasteiger charge is -2.28. The van der Waals surface area contributed by atoms with Crippen molar-refractivity contribution in [3.63, 3.8) is 0 Å². The molecule has 0 fully saturated rings. The first-order valence-electron chi connectivity index (χ1n) is 14.5. The summed E-state index contributed by atoms with van der Waals surface area (Å²) < 4.78 is 13.2. The number of ether oxygens (including phenoxy) is 2. The van der Waals surface area contributed by atoms with E-state index in [1.54, 1.807) is 0 Å². The molecule has 5 aromatic carbocycles. The van der Waals surface area contributed by atoms with Gasteiger partial charge in [-0.2, -0.15) is 0 Å². The molecule has 0 aliphatic rings. The molecule has 5 aromatic rings. The van der Waals surface area contributed by atoms with Gasteiger partial charge in [-0.25, -0.2) is 0 Å². The Hall–Kier alpha value is -3.43. The highest BCUT2D eigenvalue weighted by molar-refractivity contribution is 7.95. The van der Waals surface area contributed by atoms with Crippen LogP contribution in [0.25, 0.3) is 11.1 Å².